The highest BCUT2D eigenvalue weighted by atomic mass is 79.9. The topological polar surface area (TPSA) is 35.5 Å². The van der Waals surface area contributed by atoms with Crippen LogP contribution in [0.2, 0.25) is 0 Å². The number of nitrogens with one attached hydrogen (secondary N) is 1. The van der Waals surface area contributed by atoms with Crippen LogP contribution >= 0.6 is 15.9 Å². The highest BCUT2D eigenvalue weighted by Crippen LogP contribution is 2.30. The predicted molar refractivity (Wildman–Crippen MR) is 86.0 cm³/mol. The lowest BCUT2D eigenvalue weighted by Crippen LogP contribution is -2.37. The molecule has 1 aliphatic carbocycles. The van der Waals surface area contributed by atoms with Crippen LogP contribution in [0.1, 0.15) is 31.2 Å². The Hall–Kier alpha value is -0.580. The van der Waals surface area contributed by atoms with Gasteiger partial charge in [0.05, 0.1) is 0 Å². The first kappa shape index (κ1) is 14.4. The van der Waals surface area contributed by atoms with Crippen LogP contribution < -0.4 is 10.2 Å². The number of anilines is 1. The largest absolute Gasteiger partial charge is 0.396 e. The third kappa shape index (κ3) is 3.54. The minimum Gasteiger partial charge on any atom is -0.396 e. The summed E-state index contributed by atoms with van der Waals surface area (Å²) in [7, 11) is 0. The summed E-state index contributed by atoms with van der Waals surface area (Å²) in [4.78, 5) is 2.44. The van der Waals surface area contributed by atoms with Crippen molar-refractivity contribution in [3.8, 4) is 0 Å². The van der Waals surface area contributed by atoms with Gasteiger partial charge in [-0.1, -0.05) is 22.0 Å². The normalized spacial score (nSPS) is 23.1. The van der Waals surface area contributed by atoms with Gasteiger partial charge in [-0.2, -0.15) is 0 Å². The van der Waals surface area contributed by atoms with Gasteiger partial charge in [0, 0.05) is 42.4 Å². The molecule has 0 bridgehead atoms. The molecule has 1 atom stereocenters. The molecule has 1 unspecified atom stereocenters. The van der Waals surface area contributed by atoms with Gasteiger partial charge in [-0.05, 0) is 49.3 Å². The molecular weight excluding hydrogens is 316 g/mol. The van der Waals surface area contributed by atoms with E-state index in [1.165, 1.54) is 30.5 Å². The van der Waals surface area contributed by atoms with Crippen LogP contribution in [-0.4, -0.2) is 30.8 Å². The molecule has 1 aliphatic heterocycles. The van der Waals surface area contributed by atoms with Crippen LogP contribution in [0.5, 0.6) is 0 Å². The van der Waals surface area contributed by atoms with Gasteiger partial charge in [-0.3, -0.25) is 0 Å². The smallest absolute Gasteiger partial charge is 0.0476 e. The van der Waals surface area contributed by atoms with Gasteiger partial charge in [0.25, 0.3) is 0 Å². The Labute approximate surface area is 129 Å². The van der Waals surface area contributed by atoms with Crippen LogP contribution in [-0.2, 0) is 6.54 Å². The molecule has 1 aromatic rings. The molecule has 0 spiro atoms. The second-order valence-corrected chi connectivity index (χ2v) is 6.98. The van der Waals surface area contributed by atoms with E-state index in [4.69, 9.17) is 0 Å². The van der Waals surface area contributed by atoms with Crippen molar-refractivity contribution in [3.05, 3.63) is 28.2 Å². The van der Waals surface area contributed by atoms with Crippen molar-refractivity contribution < 1.29 is 5.11 Å². The zero-order valence-electron chi connectivity index (χ0n) is 11.8. The number of hydrogen-bond acceptors (Lipinski definition) is 3. The number of nitrogens with zero attached hydrogens (tertiary/aromatic N) is 1. The molecule has 1 saturated carbocycles. The second-order valence-electron chi connectivity index (χ2n) is 6.07. The maximum absolute atomic E-state index is 9.42. The average molecular weight is 339 g/mol. The number of aliphatic hydroxyl groups is 1. The maximum atomic E-state index is 9.42. The highest BCUT2D eigenvalue weighted by molar-refractivity contribution is 9.10. The molecule has 20 heavy (non-hydrogen) atoms. The summed E-state index contributed by atoms with van der Waals surface area (Å²) in [6.07, 6.45) is 4.97. The van der Waals surface area contributed by atoms with Gasteiger partial charge >= 0.3 is 0 Å². The molecule has 2 fully saturated rings. The van der Waals surface area contributed by atoms with Crippen LogP contribution in [0.3, 0.4) is 0 Å². The molecule has 1 saturated heterocycles. The standard InChI is InChI=1S/C16H23BrN2O/c17-14-4-3-13(9-18-15-5-6-15)16(8-14)19-7-1-2-12(10-19)11-20/h3-4,8,12,15,18,20H,1-2,5-7,9-11H2. The van der Waals surface area contributed by atoms with E-state index in [9.17, 15) is 5.11 Å². The summed E-state index contributed by atoms with van der Waals surface area (Å²) >= 11 is 3.59. The molecule has 1 heterocycles. The molecule has 110 valence electrons. The van der Waals surface area contributed by atoms with Gasteiger partial charge in [-0.15, -0.1) is 0 Å². The third-order valence-electron chi connectivity index (χ3n) is 4.32. The van der Waals surface area contributed by atoms with Gasteiger partial charge < -0.3 is 15.3 Å². The van der Waals surface area contributed by atoms with E-state index in [0.717, 1.165) is 36.6 Å². The summed E-state index contributed by atoms with van der Waals surface area (Å²) in [5.41, 5.74) is 2.70. The van der Waals surface area contributed by atoms with Crippen LogP contribution in [0.4, 0.5) is 5.69 Å². The molecular formula is C16H23BrN2O. The first-order chi connectivity index (χ1) is 9.76. The number of benzene rings is 1. The number of rotatable bonds is 5. The van der Waals surface area contributed by atoms with Crippen LogP contribution in [0.25, 0.3) is 0 Å². The first-order valence-electron chi connectivity index (χ1n) is 7.64. The van der Waals surface area contributed by atoms with Crippen molar-refractivity contribution in [2.75, 3.05) is 24.6 Å². The van der Waals surface area contributed by atoms with Crippen molar-refractivity contribution in [2.45, 2.75) is 38.3 Å². The van der Waals surface area contributed by atoms with Crippen LogP contribution in [0, 0.1) is 5.92 Å². The Morgan fingerprint density at radius 3 is 2.90 bits per heavy atom. The highest BCUT2D eigenvalue weighted by Gasteiger charge is 2.23. The Balaban J connectivity index is 1.76. The molecule has 2 N–H and O–H groups in total. The van der Waals surface area contributed by atoms with E-state index in [0.29, 0.717) is 12.5 Å². The fourth-order valence-corrected chi connectivity index (χ4v) is 3.30. The zero-order chi connectivity index (χ0) is 13.9. The van der Waals surface area contributed by atoms with Crippen molar-refractivity contribution in [2.24, 2.45) is 5.92 Å². The summed E-state index contributed by atoms with van der Waals surface area (Å²) in [5.74, 6) is 0.423. The number of piperidine rings is 1. The quantitative estimate of drug-likeness (QED) is 0.866. The van der Waals surface area contributed by atoms with Gasteiger partial charge in [-0.25, -0.2) is 0 Å². The minimum atomic E-state index is 0.306. The van der Waals surface area contributed by atoms with Crippen molar-refractivity contribution >= 4 is 21.6 Å². The van der Waals surface area contributed by atoms with E-state index in [1.54, 1.807) is 0 Å². The lowest BCUT2D eigenvalue weighted by atomic mass is 9.97. The summed E-state index contributed by atoms with van der Waals surface area (Å²) in [6.45, 7) is 3.33. The van der Waals surface area contributed by atoms with Crippen molar-refractivity contribution in [1.82, 2.24) is 5.32 Å². The molecule has 0 radical (unpaired) electrons. The van der Waals surface area contributed by atoms with Crippen LogP contribution in [0.15, 0.2) is 22.7 Å². The van der Waals surface area contributed by atoms with Gasteiger partial charge in [0.2, 0.25) is 0 Å². The number of halogens is 1. The Morgan fingerprint density at radius 1 is 1.30 bits per heavy atom. The number of hydrogen-bond donors (Lipinski definition) is 2. The van der Waals surface area contributed by atoms with Crippen molar-refractivity contribution in [1.29, 1.82) is 0 Å². The molecule has 0 amide bonds. The molecule has 0 aromatic heterocycles. The van der Waals surface area contributed by atoms with E-state index >= 15 is 0 Å². The second kappa shape index (κ2) is 6.46. The van der Waals surface area contributed by atoms with Crippen molar-refractivity contribution in [3.63, 3.8) is 0 Å². The fraction of sp³-hybridized carbons (Fsp3) is 0.625. The minimum absolute atomic E-state index is 0.306. The number of aliphatic hydroxyl groups excluding tert-OH is 1. The maximum Gasteiger partial charge on any atom is 0.0476 e. The fourth-order valence-electron chi connectivity index (χ4n) is 2.96. The van der Waals surface area contributed by atoms with Gasteiger partial charge in [0.1, 0.15) is 0 Å². The van der Waals surface area contributed by atoms with E-state index in [-0.39, 0.29) is 0 Å². The summed E-state index contributed by atoms with van der Waals surface area (Å²) < 4.78 is 1.13. The van der Waals surface area contributed by atoms with Gasteiger partial charge in [0.15, 0.2) is 0 Å². The first-order valence-corrected chi connectivity index (χ1v) is 8.43. The van der Waals surface area contributed by atoms with E-state index in [1.807, 2.05) is 0 Å². The molecule has 2 aliphatic rings. The van der Waals surface area contributed by atoms with E-state index < -0.39 is 0 Å². The molecule has 3 nitrogen and oxygen atoms in total. The predicted octanol–water partition coefficient (Wildman–Crippen LogP) is 2.91. The Morgan fingerprint density at radius 2 is 2.15 bits per heavy atom. The zero-order valence-corrected chi connectivity index (χ0v) is 13.4. The SMILES string of the molecule is OCC1CCCN(c2cc(Br)ccc2CNC2CC2)C1. The Bertz CT molecular complexity index is 462. The summed E-state index contributed by atoms with van der Waals surface area (Å²) in [5, 5.41) is 13.0. The Kier molecular flexibility index (Phi) is 4.64. The molecule has 4 heteroatoms. The lowest BCUT2D eigenvalue weighted by molar-refractivity contribution is 0.208. The monoisotopic (exact) mass is 338 g/mol. The summed E-state index contributed by atoms with van der Waals surface area (Å²) in [6, 6.07) is 7.31. The van der Waals surface area contributed by atoms with E-state index in [2.05, 4.69) is 44.3 Å². The molecule has 3 rings (SSSR count). The molecule has 1 aromatic carbocycles. The average Bonchev–Trinajstić information content (AvgIpc) is 3.30. The lowest BCUT2D eigenvalue weighted by Gasteiger charge is -2.35. The third-order valence-corrected chi connectivity index (χ3v) is 4.82.